The Bertz CT molecular complexity index is 1290. The Labute approximate surface area is 205 Å². The molecule has 0 aliphatic heterocycles. The first-order valence-electron chi connectivity index (χ1n) is 10.1. The number of amides is 1. The van der Waals surface area contributed by atoms with E-state index in [1.54, 1.807) is 24.5 Å². The van der Waals surface area contributed by atoms with Crippen molar-refractivity contribution in [3.8, 4) is 26.9 Å². The van der Waals surface area contributed by atoms with Crippen LogP contribution in [0.25, 0.3) is 21.1 Å². The lowest BCUT2D eigenvalue weighted by Crippen LogP contribution is -2.15. The van der Waals surface area contributed by atoms with Crippen molar-refractivity contribution in [2.24, 2.45) is 0 Å². The predicted octanol–water partition coefficient (Wildman–Crippen LogP) is 6.28. The largest absolute Gasteiger partial charge is 0.497 e. The quantitative estimate of drug-likeness (QED) is 0.303. The summed E-state index contributed by atoms with van der Waals surface area (Å²) >= 11 is 9.00. The monoisotopic (exact) mass is 496 g/mol. The highest BCUT2D eigenvalue weighted by Crippen LogP contribution is 2.35. The Morgan fingerprint density at radius 1 is 1.12 bits per heavy atom. The van der Waals surface area contributed by atoms with E-state index in [1.807, 2.05) is 62.4 Å². The Hall–Kier alpha value is -2.94. The van der Waals surface area contributed by atoms with Crippen LogP contribution in [0.4, 0.5) is 5.69 Å². The van der Waals surface area contributed by atoms with E-state index in [4.69, 9.17) is 21.3 Å². The molecule has 0 unspecified atom stereocenters. The molecule has 0 aliphatic rings. The summed E-state index contributed by atoms with van der Waals surface area (Å²) in [5.74, 6) is 0.884. The Balaban J connectivity index is 1.42. The summed E-state index contributed by atoms with van der Waals surface area (Å²) in [7, 11) is 1.65. The van der Waals surface area contributed by atoms with Crippen molar-refractivity contribution < 1.29 is 9.53 Å². The molecule has 0 spiro atoms. The molecule has 1 N–H and O–H groups in total. The second-order valence-electron chi connectivity index (χ2n) is 7.17. The van der Waals surface area contributed by atoms with Crippen LogP contribution in [-0.2, 0) is 4.79 Å². The number of hydrogen-bond acceptors (Lipinski definition) is 7. The van der Waals surface area contributed by atoms with Crippen LogP contribution in [0, 0.1) is 13.8 Å². The normalized spacial score (nSPS) is 10.8. The zero-order valence-corrected chi connectivity index (χ0v) is 20.6. The third-order valence-corrected chi connectivity index (χ3v) is 7.44. The van der Waals surface area contributed by atoms with Gasteiger partial charge in [0.2, 0.25) is 5.91 Å². The van der Waals surface area contributed by atoms with Crippen molar-refractivity contribution >= 4 is 46.3 Å². The molecule has 0 radical (unpaired) electrons. The molecule has 4 rings (SSSR count). The highest BCUT2D eigenvalue weighted by Gasteiger charge is 2.14. The van der Waals surface area contributed by atoms with Gasteiger partial charge in [-0.1, -0.05) is 41.6 Å². The molecule has 1 amide bonds. The molecular formula is C24H21ClN4O2S2. The number of anilines is 1. The van der Waals surface area contributed by atoms with E-state index >= 15 is 0 Å². The third kappa shape index (κ3) is 5.52. The molecule has 6 nitrogen and oxygen atoms in total. The van der Waals surface area contributed by atoms with Crippen LogP contribution in [0.2, 0.25) is 5.02 Å². The average molecular weight is 497 g/mol. The molecule has 2 aromatic carbocycles. The van der Waals surface area contributed by atoms with Gasteiger partial charge in [0.15, 0.2) is 0 Å². The summed E-state index contributed by atoms with van der Waals surface area (Å²) in [6.45, 7) is 3.83. The summed E-state index contributed by atoms with van der Waals surface area (Å²) in [5.41, 5.74) is 4.19. The van der Waals surface area contributed by atoms with E-state index in [9.17, 15) is 4.79 Å². The lowest BCUT2D eigenvalue weighted by Gasteiger charge is -2.09. The number of ether oxygens (including phenoxy) is 1. The minimum absolute atomic E-state index is 0.127. The molecule has 33 heavy (non-hydrogen) atoms. The summed E-state index contributed by atoms with van der Waals surface area (Å²) in [6, 6.07) is 17.0. The highest BCUT2D eigenvalue weighted by molar-refractivity contribution is 7.99. The predicted molar refractivity (Wildman–Crippen MR) is 135 cm³/mol. The number of thiazole rings is 1. The van der Waals surface area contributed by atoms with E-state index in [0.717, 1.165) is 38.1 Å². The Morgan fingerprint density at radius 3 is 2.70 bits per heavy atom. The van der Waals surface area contributed by atoms with E-state index in [1.165, 1.54) is 11.8 Å². The minimum Gasteiger partial charge on any atom is -0.497 e. The number of aryl methyl sites for hydroxylation is 1. The molecule has 9 heteroatoms. The summed E-state index contributed by atoms with van der Waals surface area (Å²) in [6.07, 6.45) is 0. The zero-order chi connectivity index (χ0) is 23.4. The summed E-state index contributed by atoms with van der Waals surface area (Å²) < 4.78 is 5.31. The minimum atomic E-state index is -0.127. The van der Waals surface area contributed by atoms with Crippen LogP contribution in [0.1, 0.15) is 11.3 Å². The van der Waals surface area contributed by atoms with Crippen LogP contribution in [0.15, 0.2) is 59.6 Å². The molecule has 2 heterocycles. The molecule has 0 atom stereocenters. The van der Waals surface area contributed by atoms with E-state index in [-0.39, 0.29) is 11.7 Å². The van der Waals surface area contributed by atoms with Gasteiger partial charge in [0.05, 0.1) is 23.4 Å². The molecule has 2 aromatic heterocycles. The standard InChI is InChI=1S/C24H21ClN4O2S2/c1-14-18(25)8-5-9-19(14)27-21(30)13-32-22-11-10-20(28-29-22)23-15(2)26-24(33-23)16-6-4-7-17(12-16)31-3/h4-12H,13H2,1-3H3,(H,27,30). The summed E-state index contributed by atoms with van der Waals surface area (Å²) in [4.78, 5) is 18.0. The number of nitrogens with zero attached hydrogens (tertiary/aromatic N) is 3. The van der Waals surface area contributed by atoms with Gasteiger partial charge in [-0.3, -0.25) is 4.79 Å². The molecule has 0 aliphatic carbocycles. The average Bonchev–Trinajstić information content (AvgIpc) is 3.22. The first-order valence-corrected chi connectivity index (χ1v) is 12.3. The van der Waals surface area contributed by atoms with Crippen molar-refractivity contribution in [2.45, 2.75) is 18.9 Å². The van der Waals surface area contributed by atoms with E-state index in [0.29, 0.717) is 15.7 Å². The number of aromatic nitrogens is 3. The maximum Gasteiger partial charge on any atom is 0.234 e. The molecule has 4 aromatic rings. The van der Waals surface area contributed by atoms with Gasteiger partial charge in [0, 0.05) is 16.3 Å². The second kappa shape index (κ2) is 10.3. The van der Waals surface area contributed by atoms with Crippen LogP contribution in [-0.4, -0.2) is 34.0 Å². The van der Waals surface area contributed by atoms with Gasteiger partial charge < -0.3 is 10.1 Å². The fourth-order valence-electron chi connectivity index (χ4n) is 3.10. The maximum atomic E-state index is 12.3. The van der Waals surface area contributed by atoms with Gasteiger partial charge in [-0.05, 0) is 55.8 Å². The van der Waals surface area contributed by atoms with Gasteiger partial charge in [0.25, 0.3) is 0 Å². The lowest BCUT2D eigenvalue weighted by molar-refractivity contribution is -0.113. The topological polar surface area (TPSA) is 77.0 Å². The third-order valence-electron chi connectivity index (χ3n) is 4.88. The number of methoxy groups -OCH3 is 1. The van der Waals surface area contributed by atoms with Gasteiger partial charge in [-0.15, -0.1) is 21.5 Å². The fraction of sp³-hybridized carbons (Fsp3) is 0.167. The zero-order valence-electron chi connectivity index (χ0n) is 18.3. The van der Waals surface area contributed by atoms with Crippen molar-refractivity contribution in [1.29, 1.82) is 0 Å². The Morgan fingerprint density at radius 2 is 1.94 bits per heavy atom. The number of carbonyl (C=O) groups is 1. The first kappa shape index (κ1) is 23.2. The van der Waals surface area contributed by atoms with Gasteiger partial charge in [-0.25, -0.2) is 4.98 Å². The van der Waals surface area contributed by atoms with Crippen molar-refractivity contribution in [3.05, 3.63) is 70.9 Å². The molecular weight excluding hydrogens is 476 g/mol. The van der Waals surface area contributed by atoms with E-state index in [2.05, 4.69) is 15.5 Å². The van der Waals surface area contributed by atoms with Gasteiger partial charge in [0.1, 0.15) is 21.5 Å². The van der Waals surface area contributed by atoms with Crippen LogP contribution in [0.5, 0.6) is 5.75 Å². The maximum absolute atomic E-state index is 12.3. The smallest absolute Gasteiger partial charge is 0.234 e. The van der Waals surface area contributed by atoms with E-state index < -0.39 is 0 Å². The van der Waals surface area contributed by atoms with Gasteiger partial charge >= 0.3 is 0 Å². The number of nitrogens with one attached hydrogen (secondary N) is 1. The molecule has 0 saturated heterocycles. The number of hydrogen-bond donors (Lipinski definition) is 1. The molecule has 0 saturated carbocycles. The number of thioether (sulfide) groups is 1. The van der Waals surface area contributed by atoms with Crippen molar-refractivity contribution in [1.82, 2.24) is 15.2 Å². The van der Waals surface area contributed by atoms with Crippen LogP contribution in [0.3, 0.4) is 0 Å². The lowest BCUT2D eigenvalue weighted by atomic mass is 10.2. The molecule has 0 bridgehead atoms. The van der Waals surface area contributed by atoms with Gasteiger partial charge in [-0.2, -0.15) is 0 Å². The number of rotatable bonds is 7. The van der Waals surface area contributed by atoms with Crippen LogP contribution < -0.4 is 10.1 Å². The van der Waals surface area contributed by atoms with Crippen LogP contribution >= 0.6 is 34.7 Å². The molecule has 0 fully saturated rings. The first-order chi connectivity index (χ1) is 15.9. The second-order valence-corrected chi connectivity index (χ2v) is 9.57. The number of carbonyl (C=O) groups excluding carboxylic acids is 1. The number of benzene rings is 2. The van der Waals surface area contributed by atoms with Crippen molar-refractivity contribution in [3.63, 3.8) is 0 Å². The highest BCUT2D eigenvalue weighted by atomic mass is 35.5. The van der Waals surface area contributed by atoms with Crippen molar-refractivity contribution in [2.75, 3.05) is 18.2 Å². The molecule has 168 valence electrons. The Kier molecular flexibility index (Phi) is 7.27. The SMILES string of the molecule is COc1cccc(-c2nc(C)c(-c3ccc(SCC(=O)Nc4cccc(Cl)c4C)nn3)s2)c1. The summed E-state index contributed by atoms with van der Waals surface area (Å²) in [5, 5.41) is 13.7. The number of halogens is 1. The fourth-order valence-corrected chi connectivity index (χ4v) is 4.92.